The Labute approximate surface area is 235 Å². The summed E-state index contributed by atoms with van der Waals surface area (Å²) in [7, 11) is 0. The Kier molecular flexibility index (Phi) is 9.48. The molecule has 0 saturated heterocycles. The minimum atomic E-state index is -0.853. The number of thioether (sulfide) groups is 1. The number of carbonyl (C=O) groups is 2. The number of fused-ring (bicyclic) bond motifs is 1. The van der Waals surface area contributed by atoms with Crippen molar-refractivity contribution in [2.75, 3.05) is 0 Å². The molecule has 2 aromatic carbocycles. The van der Waals surface area contributed by atoms with E-state index in [2.05, 4.69) is 69.2 Å². The Morgan fingerprint density at radius 3 is 2.32 bits per heavy atom. The van der Waals surface area contributed by atoms with Gasteiger partial charge in [-0.1, -0.05) is 64.4 Å². The third kappa shape index (κ3) is 7.93. The highest BCUT2D eigenvalue weighted by molar-refractivity contribution is 8.00. The smallest absolute Gasteiger partial charge is 0.312 e. The number of carboxylic acids is 1. The van der Waals surface area contributed by atoms with Crippen molar-refractivity contribution in [1.82, 2.24) is 10.3 Å². The van der Waals surface area contributed by atoms with Crippen LogP contribution in [0.25, 0.3) is 10.9 Å². The second-order valence-corrected chi connectivity index (χ2v) is 13.9. The van der Waals surface area contributed by atoms with Crippen molar-refractivity contribution in [3.05, 3.63) is 63.8 Å². The summed E-state index contributed by atoms with van der Waals surface area (Å²) < 4.78 is -0.0634. The third-order valence-electron chi connectivity index (χ3n) is 6.57. The molecule has 0 saturated carbocycles. The van der Waals surface area contributed by atoms with Crippen LogP contribution in [0.3, 0.4) is 0 Å². The number of amides is 2. The lowest BCUT2D eigenvalue weighted by atomic mass is 9.88. The zero-order chi connectivity index (χ0) is 28.3. The number of primary amides is 1. The van der Waals surface area contributed by atoms with E-state index in [1.165, 1.54) is 22.1 Å². The molecule has 1 aromatic heterocycles. The van der Waals surface area contributed by atoms with Crippen LogP contribution < -0.4 is 11.1 Å². The van der Waals surface area contributed by atoms with Crippen molar-refractivity contribution in [1.29, 1.82) is 0 Å². The number of carbonyl (C=O) groups excluding carboxylic acids is 1. The predicted molar refractivity (Wildman–Crippen MR) is 159 cm³/mol. The number of hydrogen-bond donors (Lipinski definition) is 4. The number of nitrogens with two attached hydrogens (primary N) is 1. The summed E-state index contributed by atoms with van der Waals surface area (Å²) in [5.74, 6) is -0.514. The standard InChI is InChI=1S/C30H40ClN3O3S/c1-18(2)21-13-14-23-26(22(21)16-19-9-11-20(31)12-10-19)27(38-29(3,4)5)24(33-23)17-30(6,34-28(32)37)15-7-8-25(35)36/h9-14,18,33H,7-8,15-17H2,1-6H3,(H,35,36)(H3,32,34,37). The van der Waals surface area contributed by atoms with E-state index in [9.17, 15) is 9.59 Å². The Morgan fingerprint density at radius 2 is 1.76 bits per heavy atom. The first-order chi connectivity index (χ1) is 17.7. The molecule has 1 heterocycles. The van der Waals surface area contributed by atoms with Crippen LogP contribution in [0, 0.1) is 0 Å². The molecule has 0 aliphatic heterocycles. The first-order valence-corrected chi connectivity index (χ1v) is 14.3. The molecule has 1 unspecified atom stereocenters. The van der Waals surface area contributed by atoms with Crippen molar-refractivity contribution >= 4 is 46.3 Å². The molecule has 0 bridgehead atoms. The zero-order valence-corrected chi connectivity index (χ0v) is 24.8. The second kappa shape index (κ2) is 12.0. The normalized spacial score (nSPS) is 13.6. The predicted octanol–water partition coefficient (Wildman–Crippen LogP) is 7.65. The summed E-state index contributed by atoms with van der Waals surface area (Å²) >= 11 is 7.97. The molecule has 0 fully saturated rings. The fourth-order valence-corrected chi connectivity index (χ4v) is 6.31. The van der Waals surface area contributed by atoms with E-state index in [1.54, 1.807) is 0 Å². The third-order valence-corrected chi connectivity index (χ3v) is 8.09. The number of aromatic amines is 1. The molecule has 38 heavy (non-hydrogen) atoms. The molecular formula is C30H40ClN3O3S. The maximum absolute atomic E-state index is 12.0. The Bertz CT molecular complexity index is 1290. The molecule has 6 nitrogen and oxygen atoms in total. The van der Waals surface area contributed by atoms with Crippen LogP contribution in [0.2, 0.25) is 5.02 Å². The van der Waals surface area contributed by atoms with Gasteiger partial charge in [0, 0.05) is 49.6 Å². The number of rotatable bonds is 11. The van der Waals surface area contributed by atoms with Crippen molar-refractivity contribution in [3.8, 4) is 0 Å². The molecule has 206 valence electrons. The summed E-state index contributed by atoms with van der Waals surface area (Å²) in [5, 5.41) is 14.0. The number of nitrogens with one attached hydrogen (secondary N) is 2. The molecule has 2 amide bonds. The highest BCUT2D eigenvalue weighted by Crippen LogP contribution is 2.44. The Morgan fingerprint density at radius 1 is 1.11 bits per heavy atom. The summed E-state index contributed by atoms with van der Waals surface area (Å²) in [4.78, 5) is 27.9. The van der Waals surface area contributed by atoms with Gasteiger partial charge in [0.2, 0.25) is 0 Å². The maximum Gasteiger partial charge on any atom is 0.312 e. The second-order valence-electron chi connectivity index (χ2n) is 11.6. The molecule has 3 aromatic rings. The maximum atomic E-state index is 12.0. The van der Waals surface area contributed by atoms with Gasteiger partial charge in [-0.15, -0.1) is 11.8 Å². The SMILES string of the molecule is CC(C)c1ccc2[nH]c(CC(C)(CCCC(=O)O)NC(N)=O)c(SC(C)(C)C)c2c1Cc1ccc(Cl)cc1. The van der Waals surface area contributed by atoms with Gasteiger partial charge in [-0.3, -0.25) is 4.79 Å². The fourth-order valence-electron chi connectivity index (χ4n) is 4.99. The van der Waals surface area contributed by atoms with Gasteiger partial charge >= 0.3 is 12.0 Å². The van der Waals surface area contributed by atoms with Crippen LogP contribution in [0.1, 0.15) is 89.1 Å². The monoisotopic (exact) mass is 557 g/mol. The molecule has 5 N–H and O–H groups in total. The lowest BCUT2D eigenvalue weighted by Crippen LogP contribution is -2.50. The van der Waals surface area contributed by atoms with Gasteiger partial charge in [-0.25, -0.2) is 4.79 Å². The van der Waals surface area contributed by atoms with Gasteiger partial charge in [0.1, 0.15) is 0 Å². The Balaban J connectivity index is 2.19. The molecule has 0 aliphatic carbocycles. The minimum Gasteiger partial charge on any atom is -0.481 e. The quantitative estimate of drug-likeness (QED) is 0.181. The van der Waals surface area contributed by atoms with E-state index in [4.69, 9.17) is 22.4 Å². The van der Waals surface area contributed by atoms with Crippen molar-refractivity contribution in [3.63, 3.8) is 0 Å². The number of aliphatic carboxylic acids is 1. The van der Waals surface area contributed by atoms with Crippen LogP contribution in [0.5, 0.6) is 0 Å². The van der Waals surface area contributed by atoms with E-state index >= 15 is 0 Å². The largest absolute Gasteiger partial charge is 0.481 e. The molecular weight excluding hydrogens is 518 g/mol. The van der Waals surface area contributed by atoms with E-state index in [0.29, 0.717) is 30.2 Å². The van der Waals surface area contributed by atoms with Crippen molar-refractivity contribution < 1.29 is 14.7 Å². The number of halogens is 1. The molecule has 0 radical (unpaired) electrons. The summed E-state index contributed by atoms with van der Waals surface area (Å²) in [6.45, 7) is 12.9. The molecule has 1 atom stereocenters. The number of benzene rings is 2. The number of aromatic nitrogens is 1. The summed E-state index contributed by atoms with van der Waals surface area (Å²) in [5.41, 5.74) is 10.7. The zero-order valence-electron chi connectivity index (χ0n) is 23.2. The average molecular weight is 558 g/mol. The van der Waals surface area contributed by atoms with Gasteiger partial charge < -0.3 is 21.1 Å². The van der Waals surface area contributed by atoms with Crippen LogP contribution in [0.15, 0.2) is 41.3 Å². The van der Waals surface area contributed by atoms with E-state index in [1.807, 2.05) is 30.8 Å². The highest BCUT2D eigenvalue weighted by atomic mass is 35.5. The van der Waals surface area contributed by atoms with E-state index < -0.39 is 17.5 Å². The Hall–Kier alpha value is -2.64. The summed E-state index contributed by atoms with van der Waals surface area (Å²) in [6.07, 6.45) is 2.24. The lowest BCUT2D eigenvalue weighted by molar-refractivity contribution is -0.137. The molecule has 0 aliphatic rings. The van der Waals surface area contributed by atoms with Gasteiger partial charge in [0.05, 0.1) is 0 Å². The number of urea groups is 1. The van der Waals surface area contributed by atoms with E-state index in [-0.39, 0.29) is 11.2 Å². The highest BCUT2D eigenvalue weighted by Gasteiger charge is 2.31. The fraction of sp³-hybridized carbons (Fsp3) is 0.467. The van der Waals surface area contributed by atoms with Crippen LogP contribution in [-0.4, -0.2) is 32.4 Å². The van der Waals surface area contributed by atoms with Gasteiger partial charge in [0.25, 0.3) is 0 Å². The van der Waals surface area contributed by atoms with Crippen molar-refractivity contribution in [2.24, 2.45) is 5.73 Å². The van der Waals surface area contributed by atoms with Crippen LogP contribution in [0.4, 0.5) is 4.79 Å². The van der Waals surface area contributed by atoms with Gasteiger partial charge in [0.15, 0.2) is 0 Å². The lowest BCUT2D eigenvalue weighted by Gasteiger charge is -2.31. The number of carboxylic acid groups (broad SMARTS) is 1. The summed E-state index contributed by atoms with van der Waals surface area (Å²) in [6, 6.07) is 11.7. The molecule has 3 rings (SSSR count). The van der Waals surface area contributed by atoms with E-state index in [0.717, 1.165) is 22.5 Å². The number of H-pyrrole nitrogens is 1. The average Bonchev–Trinajstić information content (AvgIpc) is 3.09. The topological polar surface area (TPSA) is 108 Å². The minimum absolute atomic E-state index is 0.0370. The van der Waals surface area contributed by atoms with Gasteiger partial charge in [-0.2, -0.15) is 0 Å². The molecule has 8 heteroatoms. The molecule has 0 spiro atoms. The number of hydrogen-bond acceptors (Lipinski definition) is 3. The first kappa shape index (κ1) is 29.9. The van der Waals surface area contributed by atoms with Crippen LogP contribution >= 0.6 is 23.4 Å². The van der Waals surface area contributed by atoms with Gasteiger partial charge in [-0.05, 0) is 67.0 Å². The van der Waals surface area contributed by atoms with Crippen LogP contribution in [-0.2, 0) is 17.6 Å². The van der Waals surface area contributed by atoms with Crippen molar-refractivity contribution in [2.45, 2.75) is 94.7 Å². The first-order valence-electron chi connectivity index (χ1n) is 13.1.